The van der Waals surface area contributed by atoms with Gasteiger partial charge in [-0.05, 0) is 78.5 Å². The average Bonchev–Trinajstić information content (AvgIpc) is 3.28. The molecule has 0 spiro atoms. The summed E-state index contributed by atoms with van der Waals surface area (Å²) in [4.78, 5) is 0. The molecule has 0 saturated heterocycles. The molecule has 0 fully saturated rings. The minimum Gasteiger partial charge on any atom is -0.206 e. The van der Waals surface area contributed by atoms with Crippen LogP contribution in [0.5, 0.6) is 0 Å². The summed E-state index contributed by atoms with van der Waals surface area (Å²) < 4.78 is 76.3. The molecule has 0 radical (unpaired) electrons. The Morgan fingerprint density at radius 1 is 0.737 bits per heavy atom. The highest BCUT2D eigenvalue weighted by atomic mass is 19.2. The first-order valence-electron chi connectivity index (χ1n) is 13.8. The Hall–Kier alpha value is -2.95. The van der Waals surface area contributed by atoms with Gasteiger partial charge < -0.3 is 0 Å². The molecule has 0 aliphatic heterocycles. The molecule has 0 N–H and O–H groups in total. The van der Waals surface area contributed by atoms with Crippen molar-refractivity contribution in [2.24, 2.45) is 5.92 Å². The zero-order chi connectivity index (χ0) is 27.0. The van der Waals surface area contributed by atoms with E-state index < -0.39 is 29.1 Å². The second kappa shape index (κ2) is 11.0. The lowest BCUT2D eigenvalue weighted by Gasteiger charge is -2.23. The van der Waals surface area contributed by atoms with Gasteiger partial charge in [0.2, 0.25) is 0 Å². The molecule has 0 saturated carbocycles. The van der Waals surface area contributed by atoms with Crippen LogP contribution in [-0.4, -0.2) is 0 Å². The van der Waals surface area contributed by atoms with Gasteiger partial charge in [-0.2, -0.15) is 0 Å². The largest absolute Gasteiger partial charge is 0.206 e. The lowest BCUT2D eigenvalue weighted by molar-refractivity contribution is 0.427. The molecule has 0 bridgehead atoms. The van der Waals surface area contributed by atoms with Crippen molar-refractivity contribution in [2.75, 3.05) is 0 Å². The number of rotatable bonds is 8. The topological polar surface area (TPSA) is 0 Å². The van der Waals surface area contributed by atoms with E-state index in [1.165, 1.54) is 37.5 Å². The first-order valence-corrected chi connectivity index (χ1v) is 13.8. The highest BCUT2D eigenvalue weighted by Gasteiger charge is 2.33. The van der Waals surface area contributed by atoms with Gasteiger partial charge in [-0.25, -0.2) is 22.0 Å². The fourth-order valence-corrected chi connectivity index (χ4v) is 6.11. The van der Waals surface area contributed by atoms with Gasteiger partial charge in [-0.3, -0.25) is 0 Å². The average molecular weight is 525 g/mol. The molecule has 200 valence electrons. The normalized spacial score (nSPS) is 16.4. The fourth-order valence-electron chi connectivity index (χ4n) is 6.11. The molecule has 0 amide bonds. The molecule has 38 heavy (non-hydrogen) atoms. The van der Waals surface area contributed by atoms with E-state index in [4.69, 9.17) is 0 Å². The van der Waals surface area contributed by atoms with Crippen molar-refractivity contribution in [1.29, 1.82) is 0 Å². The maximum absolute atomic E-state index is 15.4. The number of benzene rings is 3. The smallest absolute Gasteiger partial charge is 0.167 e. The lowest BCUT2D eigenvalue weighted by atomic mass is 9.83. The molecule has 2 aliphatic rings. The van der Waals surface area contributed by atoms with Crippen LogP contribution in [0.25, 0.3) is 27.8 Å². The summed E-state index contributed by atoms with van der Waals surface area (Å²) in [6, 6.07) is 7.47. The third-order valence-corrected chi connectivity index (χ3v) is 8.15. The van der Waals surface area contributed by atoms with E-state index >= 15 is 17.6 Å². The summed E-state index contributed by atoms with van der Waals surface area (Å²) in [5.74, 6) is -4.78. The predicted molar refractivity (Wildman–Crippen MR) is 143 cm³/mol. The fraction of sp³-hybridized carbons (Fsp3) is 0.394. The highest BCUT2D eigenvalue weighted by molar-refractivity contribution is 5.84. The van der Waals surface area contributed by atoms with Crippen molar-refractivity contribution in [2.45, 2.75) is 78.1 Å². The third-order valence-electron chi connectivity index (χ3n) is 8.15. The lowest BCUT2D eigenvalue weighted by Crippen LogP contribution is -2.07. The van der Waals surface area contributed by atoms with Crippen LogP contribution in [0.2, 0.25) is 0 Å². The van der Waals surface area contributed by atoms with E-state index in [-0.39, 0.29) is 34.2 Å². The molecule has 0 nitrogen and oxygen atoms in total. The van der Waals surface area contributed by atoms with Crippen LogP contribution >= 0.6 is 0 Å². The van der Waals surface area contributed by atoms with E-state index in [0.29, 0.717) is 29.9 Å². The molecule has 0 heterocycles. The Bertz CT molecular complexity index is 1400. The monoisotopic (exact) mass is 524 g/mol. The van der Waals surface area contributed by atoms with Gasteiger partial charge in [-0.15, -0.1) is 0 Å². The van der Waals surface area contributed by atoms with Crippen molar-refractivity contribution >= 4 is 5.57 Å². The Morgan fingerprint density at radius 3 is 2.03 bits per heavy atom. The van der Waals surface area contributed by atoms with Gasteiger partial charge in [0.1, 0.15) is 5.82 Å². The highest BCUT2D eigenvalue weighted by Crippen LogP contribution is 2.46. The number of hydrogen-bond acceptors (Lipinski definition) is 0. The van der Waals surface area contributed by atoms with Crippen molar-refractivity contribution in [3.8, 4) is 22.3 Å². The minimum atomic E-state index is -1.27. The summed E-state index contributed by atoms with van der Waals surface area (Å²) >= 11 is 0. The second-order valence-electron chi connectivity index (χ2n) is 10.8. The molecule has 3 aromatic carbocycles. The Balaban J connectivity index is 1.49. The molecule has 3 aromatic rings. The van der Waals surface area contributed by atoms with Crippen molar-refractivity contribution < 1.29 is 22.0 Å². The summed E-state index contributed by atoms with van der Waals surface area (Å²) in [5, 5.41) is 0. The van der Waals surface area contributed by atoms with E-state index in [2.05, 4.69) is 6.92 Å². The number of allylic oxidation sites excluding steroid dienone is 2. The number of unbranched alkanes of at least 4 members (excludes halogenated alkanes) is 2. The Morgan fingerprint density at radius 2 is 1.42 bits per heavy atom. The number of aryl methyl sites for hydroxylation is 1. The van der Waals surface area contributed by atoms with Crippen LogP contribution in [0.3, 0.4) is 0 Å². The maximum atomic E-state index is 15.4. The SMILES string of the molecule is CCCCCC1CC=C(c2cc3c(c(F)c2F)-c2c(cc(-c4ccc(CCC)cc4F)c(F)c2F)C3)CC1. The summed E-state index contributed by atoms with van der Waals surface area (Å²) in [7, 11) is 0. The van der Waals surface area contributed by atoms with Gasteiger partial charge in [-0.1, -0.05) is 64.2 Å². The zero-order valence-electron chi connectivity index (χ0n) is 22.0. The number of fused-ring (bicyclic) bond motifs is 3. The molecule has 1 unspecified atom stereocenters. The quantitative estimate of drug-likeness (QED) is 0.159. The van der Waals surface area contributed by atoms with Crippen LogP contribution in [0.15, 0.2) is 36.4 Å². The summed E-state index contributed by atoms with van der Waals surface area (Å²) in [6.07, 6.45) is 10.8. The number of halogens is 5. The van der Waals surface area contributed by atoms with Gasteiger partial charge >= 0.3 is 0 Å². The van der Waals surface area contributed by atoms with Crippen LogP contribution in [0, 0.1) is 35.0 Å². The van der Waals surface area contributed by atoms with Crippen molar-refractivity contribution in [3.05, 3.63) is 87.7 Å². The van der Waals surface area contributed by atoms with E-state index in [1.807, 2.05) is 13.0 Å². The first-order chi connectivity index (χ1) is 18.3. The van der Waals surface area contributed by atoms with Gasteiger partial charge in [0.25, 0.3) is 0 Å². The molecule has 2 aliphatic carbocycles. The Labute approximate surface area is 221 Å². The summed E-state index contributed by atoms with van der Waals surface area (Å²) in [5.41, 5.74) is 1.76. The van der Waals surface area contributed by atoms with Crippen molar-refractivity contribution in [3.63, 3.8) is 0 Å². The Kier molecular flexibility index (Phi) is 7.74. The van der Waals surface area contributed by atoms with Gasteiger partial charge in [0.05, 0.1) is 0 Å². The van der Waals surface area contributed by atoms with E-state index in [9.17, 15) is 4.39 Å². The van der Waals surface area contributed by atoms with E-state index in [0.717, 1.165) is 36.8 Å². The van der Waals surface area contributed by atoms with Crippen LogP contribution in [0.1, 0.15) is 87.5 Å². The van der Waals surface area contributed by atoms with Crippen LogP contribution < -0.4 is 0 Å². The minimum absolute atomic E-state index is 0.0480. The van der Waals surface area contributed by atoms with Gasteiger partial charge in [0, 0.05) is 27.8 Å². The predicted octanol–water partition coefficient (Wildman–Crippen LogP) is 10.3. The molecule has 0 aromatic heterocycles. The van der Waals surface area contributed by atoms with Crippen LogP contribution in [-0.2, 0) is 12.8 Å². The third kappa shape index (κ3) is 4.81. The number of hydrogen-bond donors (Lipinski definition) is 0. The zero-order valence-corrected chi connectivity index (χ0v) is 22.0. The van der Waals surface area contributed by atoms with E-state index in [1.54, 1.807) is 12.1 Å². The molecule has 5 rings (SSSR count). The molecule has 1 atom stereocenters. The maximum Gasteiger partial charge on any atom is 0.167 e. The first kappa shape index (κ1) is 26.6. The van der Waals surface area contributed by atoms with Crippen molar-refractivity contribution in [1.82, 2.24) is 0 Å². The molecule has 5 heteroatoms. The molecular formula is C33H33F5. The summed E-state index contributed by atoms with van der Waals surface area (Å²) in [6.45, 7) is 4.15. The van der Waals surface area contributed by atoms with Crippen LogP contribution in [0.4, 0.5) is 22.0 Å². The second-order valence-corrected chi connectivity index (χ2v) is 10.8. The standard InChI is InChI=1S/C33H33F5/c1-3-5-6-8-19-9-12-21(13-10-19)25-17-22-16-23-18-26(24-14-11-20(7-4-2)15-27(24)34)31(36)33(38)29(23)28(22)32(37)30(25)35/h11-12,14-15,17-19H,3-10,13,16H2,1-2H3. The molecular weight excluding hydrogens is 491 g/mol. The van der Waals surface area contributed by atoms with Gasteiger partial charge in [0.15, 0.2) is 23.3 Å².